The molecule has 0 bridgehead atoms. The van der Waals surface area contributed by atoms with E-state index in [4.69, 9.17) is 13.9 Å². The normalized spacial score (nSPS) is 17.2. The first-order chi connectivity index (χ1) is 12.7. The van der Waals surface area contributed by atoms with Crippen LogP contribution in [0.1, 0.15) is 26.3 Å². The third-order valence-electron chi connectivity index (χ3n) is 4.64. The molecule has 0 saturated carbocycles. The van der Waals surface area contributed by atoms with Crippen LogP contribution in [-0.2, 0) is 11.3 Å². The second-order valence-corrected chi connectivity index (χ2v) is 6.31. The summed E-state index contributed by atoms with van der Waals surface area (Å²) in [6.07, 6.45) is 2.92. The van der Waals surface area contributed by atoms with Gasteiger partial charge in [0.2, 0.25) is 0 Å². The number of benzene rings is 1. The molecule has 0 atom stereocenters. The summed E-state index contributed by atoms with van der Waals surface area (Å²) in [7, 11) is 0. The monoisotopic (exact) mass is 356 g/mol. The van der Waals surface area contributed by atoms with E-state index < -0.39 is 0 Å². The van der Waals surface area contributed by atoms with Crippen LogP contribution < -0.4 is 4.74 Å². The van der Waals surface area contributed by atoms with Crippen LogP contribution in [0.4, 0.5) is 0 Å². The summed E-state index contributed by atoms with van der Waals surface area (Å²) in [6.45, 7) is 3.59. The van der Waals surface area contributed by atoms with Crippen molar-refractivity contribution >= 4 is 11.8 Å². The van der Waals surface area contributed by atoms with Crippen molar-refractivity contribution in [3.05, 3.63) is 53.5 Å². The highest BCUT2D eigenvalue weighted by Crippen LogP contribution is 2.26. The number of hydrogen-bond donors (Lipinski definition) is 0. The summed E-state index contributed by atoms with van der Waals surface area (Å²) in [5.74, 6) is 0.583. The highest BCUT2D eigenvalue weighted by Gasteiger charge is 2.24. The van der Waals surface area contributed by atoms with Gasteiger partial charge in [0, 0.05) is 30.8 Å². The summed E-state index contributed by atoms with van der Waals surface area (Å²) in [5.41, 5.74) is 1.94. The summed E-state index contributed by atoms with van der Waals surface area (Å²) in [6, 6.07) is 7.07. The maximum atomic E-state index is 12.7. The average molecular weight is 356 g/mol. The molecule has 2 aromatic rings. The zero-order valence-electron chi connectivity index (χ0n) is 14.3. The lowest BCUT2D eigenvalue weighted by molar-refractivity contribution is 0.0303. The third-order valence-corrected chi connectivity index (χ3v) is 4.64. The van der Waals surface area contributed by atoms with Gasteiger partial charge in [-0.15, -0.1) is 0 Å². The maximum absolute atomic E-state index is 12.7. The lowest BCUT2D eigenvalue weighted by Crippen LogP contribution is -2.40. The minimum atomic E-state index is -0.111. The summed E-state index contributed by atoms with van der Waals surface area (Å²) in [5, 5.41) is 0. The second kappa shape index (κ2) is 7.21. The molecule has 2 aliphatic heterocycles. The molecular weight excluding hydrogens is 336 g/mol. The van der Waals surface area contributed by atoms with Crippen molar-refractivity contribution < 1.29 is 23.5 Å². The molecule has 1 aromatic carbocycles. The Morgan fingerprint density at radius 3 is 2.42 bits per heavy atom. The third kappa shape index (κ3) is 3.30. The van der Waals surface area contributed by atoms with Gasteiger partial charge in [0.25, 0.3) is 11.8 Å². The first-order valence-corrected chi connectivity index (χ1v) is 8.66. The fourth-order valence-corrected chi connectivity index (χ4v) is 3.22. The largest absolute Gasteiger partial charge is 0.491 e. The van der Waals surface area contributed by atoms with E-state index in [0.717, 1.165) is 5.56 Å². The first kappa shape index (κ1) is 16.7. The Morgan fingerprint density at radius 2 is 1.65 bits per heavy atom. The molecular formula is C19H20N2O5. The molecule has 7 nitrogen and oxygen atoms in total. The Labute approximate surface area is 151 Å². The summed E-state index contributed by atoms with van der Waals surface area (Å²) >= 11 is 0. The Morgan fingerprint density at radius 1 is 0.885 bits per heavy atom. The van der Waals surface area contributed by atoms with Gasteiger partial charge < -0.3 is 23.7 Å². The number of ether oxygens (including phenoxy) is 2. The molecule has 2 aliphatic rings. The van der Waals surface area contributed by atoms with Crippen LogP contribution in [0.15, 0.2) is 41.2 Å². The lowest BCUT2D eigenvalue weighted by Gasteiger charge is -2.27. The molecule has 7 heteroatoms. The van der Waals surface area contributed by atoms with E-state index in [1.807, 2.05) is 12.1 Å². The molecule has 4 rings (SSSR count). The SMILES string of the molecule is O=C(c1ccc2c(c1)CN(C(=O)c1ccoc1)CCO2)N1CCOCC1. The van der Waals surface area contributed by atoms with Gasteiger partial charge in [-0.2, -0.15) is 0 Å². The first-order valence-electron chi connectivity index (χ1n) is 8.66. The predicted molar refractivity (Wildman–Crippen MR) is 92.1 cm³/mol. The van der Waals surface area contributed by atoms with Crippen LogP contribution in [0.2, 0.25) is 0 Å². The van der Waals surface area contributed by atoms with Gasteiger partial charge in [0.05, 0.1) is 31.6 Å². The molecule has 0 radical (unpaired) electrons. The van der Waals surface area contributed by atoms with E-state index in [9.17, 15) is 9.59 Å². The smallest absolute Gasteiger partial charge is 0.257 e. The summed E-state index contributed by atoms with van der Waals surface area (Å²) < 4.78 is 16.1. The van der Waals surface area contributed by atoms with Crippen molar-refractivity contribution in [2.75, 3.05) is 39.5 Å². The number of fused-ring (bicyclic) bond motifs is 1. The van der Waals surface area contributed by atoms with E-state index in [1.54, 1.807) is 21.9 Å². The van der Waals surface area contributed by atoms with Crippen molar-refractivity contribution in [1.82, 2.24) is 9.80 Å². The molecule has 0 unspecified atom stereocenters. The summed E-state index contributed by atoms with van der Waals surface area (Å²) in [4.78, 5) is 28.8. The standard InChI is InChI=1S/C19H20N2O5/c22-18(20-4-8-24-9-5-20)14-1-2-17-16(11-14)12-21(6-10-26-17)19(23)15-3-7-25-13-15/h1-3,7,11,13H,4-6,8-10,12H2. The number of carbonyl (C=O) groups is 2. The Balaban J connectivity index is 1.56. The van der Waals surface area contributed by atoms with E-state index in [-0.39, 0.29) is 11.8 Å². The van der Waals surface area contributed by atoms with Crippen molar-refractivity contribution in [1.29, 1.82) is 0 Å². The Hall–Kier alpha value is -2.80. The quantitative estimate of drug-likeness (QED) is 0.820. The van der Waals surface area contributed by atoms with E-state index in [0.29, 0.717) is 62.9 Å². The second-order valence-electron chi connectivity index (χ2n) is 6.31. The van der Waals surface area contributed by atoms with Gasteiger partial charge in [-0.25, -0.2) is 0 Å². The van der Waals surface area contributed by atoms with Crippen molar-refractivity contribution in [2.45, 2.75) is 6.54 Å². The Kier molecular flexibility index (Phi) is 4.62. The molecule has 0 aliphatic carbocycles. The van der Waals surface area contributed by atoms with E-state index in [2.05, 4.69) is 0 Å². The van der Waals surface area contributed by atoms with Gasteiger partial charge in [0.1, 0.15) is 18.6 Å². The van der Waals surface area contributed by atoms with Crippen LogP contribution in [0.25, 0.3) is 0 Å². The number of furan rings is 1. The van der Waals surface area contributed by atoms with Crippen LogP contribution in [0.5, 0.6) is 5.75 Å². The maximum Gasteiger partial charge on any atom is 0.257 e. The number of nitrogens with zero attached hydrogens (tertiary/aromatic N) is 2. The van der Waals surface area contributed by atoms with E-state index >= 15 is 0 Å². The number of amides is 2. The molecule has 26 heavy (non-hydrogen) atoms. The van der Waals surface area contributed by atoms with E-state index in [1.165, 1.54) is 12.5 Å². The van der Waals surface area contributed by atoms with Crippen molar-refractivity contribution in [3.63, 3.8) is 0 Å². The van der Waals surface area contributed by atoms with Crippen LogP contribution in [0, 0.1) is 0 Å². The zero-order chi connectivity index (χ0) is 17.9. The molecule has 1 fully saturated rings. The molecule has 2 amide bonds. The van der Waals surface area contributed by atoms with Gasteiger partial charge in [-0.1, -0.05) is 0 Å². The molecule has 1 aromatic heterocycles. The fraction of sp³-hybridized carbons (Fsp3) is 0.368. The Bertz CT molecular complexity index is 796. The lowest BCUT2D eigenvalue weighted by atomic mass is 10.1. The topological polar surface area (TPSA) is 72.2 Å². The fourth-order valence-electron chi connectivity index (χ4n) is 3.22. The van der Waals surface area contributed by atoms with Crippen LogP contribution >= 0.6 is 0 Å². The van der Waals surface area contributed by atoms with Crippen LogP contribution in [-0.4, -0.2) is 61.1 Å². The predicted octanol–water partition coefficient (Wildman–Crippen LogP) is 1.79. The van der Waals surface area contributed by atoms with Gasteiger partial charge in [-0.05, 0) is 24.3 Å². The highest BCUT2D eigenvalue weighted by atomic mass is 16.5. The number of carbonyl (C=O) groups excluding carboxylic acids is 2. The van der Waals surface area contributed by atoms with Crippen molar-refractivity contribution in [3.8, 4) is 5.75 Å². The molecule has 136 valence electrons. The van der Waals surface area contributed by atoms with Gasteiger partial charge in [-0.3, -0.25) is 9.59 Å². The number of rotatable bonds is 2. The molecule has 0 spiro atoms. The van der Waals surface area contributed by atoms with Crippen LogP contribution in [0.3, 0.4) is 0 Å². The molecule has 3 heterocycles. The van der Waals surface area contributed by atoms with Gasteiger partial charge >= 0.3 is 0 Å². The van der Waals surface area contributed by atoms with Gasteiger partial charge in [0.15, 0.2) is 0 Å². The highest BCUT2D eigenvalue weighted by molar-refractivity contribution is 5.95. The zero-order valence-corrected chi connectivity index (χ0v) is 14.3. The van der Waals surface area contributed by atoms with Crippen molar-refractivity contribution in [2.24, 2.45) is 0 Å². The number of morpholine rings is 1. The molecule has 0 N–H and O–H groups in total. The number of hydrogen-bond acceptors (Lipinski definition) is 5. The minimum absolute atomic E-state index is 0.0203. The minimum Gasteiger partial charge on any atom is -0.491 e. The average Bonchev–Trinajstić information content (AvgIpc) is 3.14. The molecule has 1 saturated heterocycles.